The van der Waals surface area contributed by atoms with Crippen LogP contribution < -0.4 is 16.0 Å². The molecule has 1 saturated heterocycles. The molecule has 1 unspecified atom stereocenters. The van der Waals surface area contributed by atoms with Crippen LogP contribution in [0.1, 0.15) is 23.7 Å². The maximum absolute atomic E-state index is 13.4. The van der Waals surface area contributed by atoms with E-state index in [-0.39, 0.29) is 31.5 Å². The highest BCUT2D eigenvalue weighted by atomic mass is 32.1. The lowest BCUT2D eigenvalue weighted by atomic mass is 10.1. The standard InChI is InChI=1S/C22H24F2N8O2S/c1-13-17(5-15(7-25-13)28-19(33)11-31-4-3-22(23,24)12-31)29-20(34)16-8-27-32-10-18(35-21(16)32)14-6-26-30(2)9-14/h5-10,13,25H,3-4,11-12H2,1-2H3,(H,28,33)(H,29,34). The van der Waals surface area contributed by atoms with Crippen molar-refractivity contribution in [3.8, 4) is 10.4 Å². The number of thiazole rings is 1. The summed E-state index contributed by atoms with van der Waals surface area (Å²) in [4.78, 5) is 28.5. The lowest BCUT2D eigenvalue weighted by Crippen LogP contribution is -2.41. The highest BCUT2D eigenvalue weighted by Gasteiger charge is 2.38. The first kappa shape index (κ1) is 23.2. The molecule has 0 aliphatic carbocycles. The third-order valence-electron chi connectivity index (χ3n) is 5.85. The Balaban J connectivity index is 1.26. The highest BCUT2D eigenvalue weighted by molar-refractivity contribution is 7.21. The molecule has 0 aromatic carbocycles. The van der Waals surface area contributed by atoms with Crippen molar-refractivity contribution in [2.75, 3.05) is 19.6 Å². The van der Waals surface area contributed by atoms with Gasteiger partial charge in [-0.3, -0.25) is 19.2 Å². The summed E-state index contributed by atoms with van der Waals surface area (Å²) in [5.41, 5.74) is 2.35. The highest BCUT2D eigenvalue weighted by Crippen LogP contribution is 2.30. The number of hydrogen-bond acceptors (Lipinski definition) is 7. The Morgan fingerprint density at radius 2 is 2.09 bits per heavy atom. The molecule has 3 aromatic heterocycles. The molecule has 3 N–H and O–H groups in total. The van der Waals surface area contributed by atoms with Gasteiger partial charge < -0.3 is 16.0 Å². The van der Waals surface area contributed by atoms with E-state index in [1.54, 1.807) is 27.7 Å². The van der Waals surface area contributed by atoms with E-state index in [1.807, 2.05) is 26.4 Å². The van der Waals surface area contributed by atoms with E-state index in [1.165, 1.54) is 22.4 Å². The topological polar surface area (TPSA) is 109 Å². The van der Waals surface area contributed by atoms with Crippen LogP contribution in [-0.4, -0.2) is 67.7 Å². The van der Waals surface area contributed by atoms with E-state index >= 15 is 0 Å². The molecular weight excluding hydrogens is 478 g/mol. The molecule has 10 nitrogen and oxygen atoms in total. The van der Waals surface area contributed by atoms with Crippen LogP contribution in [0.15, 0.2) is 48.5 Å². The van der Waals surface area contributed by atoms with Gasteiger partial charge in [0.1, 0.15) is 4.83 Å². The minimum absolute atomic E-state index is 0.121. The Morgan fingerprint density at radius 1 is 1.26 bits per heavy atom. The number of carbonyl (C=O) groups excluding carboxylic acids is 2. The number of nitrogens with zero attached hydrogens (tertiary/aromatic N) is 5. The van der Waals surface area contributed by atoms with Gasteiger partial charge in [-0.15, -0.1) is 11.3 Å². The monoisotopic (exact) mass is 502 g/mol. The molecule has 3 aromatic rings. The average Bonchev–Trinajstić information content (AvgIpc) is 3.54. The second-order valence-electron chi connectivity index (χ2n) is 8.71. The second-order valence-corrected chi connectivity index (χ2v) is 9.74. The Kier molecular flexibility index (Phi) is 5.89. The van der Waals surface area contributed by atoms with Crippen molar-refractivity contribution >= 4 is 28.0 Å². The van der Waals surface area contributed by atoms with Gasteiger partial charge in [0.2, 0.25) is 5.91 Å². The predicted molar refractivity (Wildman–Crippen MR) is 126 cm³/mol. The molecule has 13 heteroatoms. The zero-order chi connectivity index (χ0) is 24.7. The van der Waals surface area contributed by atoms with Crippen molar-refractivity contribution in [3.05, 3.63) is 54.0 Å². The molecule has 5 rings (SSSR count). The molecule has 0 saturated carbocycles. The number of amides is 2. The van der Waals surface area contributed by atoms with Crippen LogP contribution in [0.25, 0.3) is 15.3 Å². The third-order valence-corrected chi connectivity index (χ3v) is 7.02. The number of aromatic nitrogens is 4. The number of dihydropyridines is 1. The van der Waals surface area contributed by atoms with Gasteiger partial charge in [-0.2, -0.15) is 10.2 Å². The quantitative estimate of drug-likeness (QED) is 0.474. The summed E-state index contributed by atoms with van der Waals surface area (Å²) in [5, 5.41) is 17.2. The van der Waals surface area contributed by atoms with Crippen LogP contribution in [0.5, 0.6) is 0 Å². The van der Waals surface area contributed by atoms with Gasteiger partial charge in [-0.1, -0.05) is 0 Å². The SMILES string of the molecule is CC1NC=C(NC(=O)CN2CCC(F)(F)C2)C=C1NC(=O)c1cnn2cc(-c3cnn(C)c3)sc12. The van der Waals surface area contributed by atoms with E-state index in [2.05, 4.69) is 26.1 Å². The van der Waals surface area contributed by atoms with Gasteiger partial charge >= 0.3 is 0 Å². The summed E-state index contributed by atoms with van der Waals surface area (Å²) in [6.07, 6.45) is 10.0. The van der Waals surface area contributed by atoms with E-state index in [9.17, 15) is 18.4 Å². The van der Waals surface area contributed by atoms with Gasteiger partial charge in [-0.25, -0.2) is 13.3 Å². The lowest BCUT2D eigenvalue weighted by Gasteiger charge is -2.23. The minimum Gasteiger partial charge on any atom is -0.381 e. The molecule has 2 aliphatic rings. The predicted octanol–water partition coefficient (Wildman–Crippen LogP) is 1.70. The number of rotatable bonds is 6. The van der Waals surface area contributed by atoms with Gasteiger partial charge in [-0.05, 0) is 13.0 Å². The van der Waals surface area contributed by atoms with Crippen molar-refractivity contribution < 1.29 is 18.4 Å². The first-order valence-corrected chi connectivity index (χ1v) is 11.8. The van der Waals surface area contributed by atoms with Crippen LogP contribution in [-0.2, 0) is 11.8 Å². The first-order chi connectivity index (χ1) is 16.7. The molecular formula is C22H24F2N8O2S. The van der Waals surface area contributed by atoms with Crippen molar-refractivity contribution in [2.24, 2.45) is 7.05 Å². The Hall–Kier alpha value is -3.58. The lowest BCUT2D eigenvalue weighted by molar-refractivity contribution is -0.121. The fourth-order valence-corrected chi connectivity index (χ4v) is 5.06. The number of alkyl halides is 2. The number of hydrogen-bond donors (Lipinski definition) is 3. The zero-order valence-electron chi connectivity index (χ0n) is 19.1. The Morgan fingerprint density at radius 3 is 2.80 bits per heavy atom. The molecule has 1 atom stereocenters. The van der Waals surface area contributed by atoms with Gasteiger partial charge in [0, 0.05) is 49.9 Å². The summed E-state index contributed by atoms with van der Waals surface area (Å²) in [7, 11) is 1.84. The summed E-state index contributed by atoms with van der Waals surface area (Å²) in [6, 6.07) is -0.211. The van der Waals surface area contributed by atoms with Crippen molar-refractivity contribution in [3.63, 3.8) is 0 Å². The molecule has 184 valence electrons. The van der Waals surface area contributed by atoms with E-state index < -0.39 is 18.4 Å². The average molecular weight is 503 g/mol. The second kappa shape index (κ2) is 8.89. The van der Waals surface area contributed by atoms with Crippen LogP contribution in [0, 0.1) is 0 Å². The van der Waals surface area contributed by atoms with Crippen LogP contribution >= 0.6 is 11.3 Å². The number of allylic oxidation sites excluding steroid dienone is 1. The van der Waals surface area contributed by atoms with E-state index in [0.29, 0.717) is 21.8 Å². The summed E-state index contributed by atoms with van der Waals surface area (Å²) in [5.74, 6) is -3.47. The maximum atomic E-state index is 13.4. The summed E-state index contributed by atoms with van der Waals surface area (Å²) in [6.45, 7) is 1.51. The van der Waals surface area contributed by atoms with Crippen LogP contribution in [0.2, 0.25) is 0 Å². The molecule has 35 heavy (non-hydrogen) atoms. The Labute approximate surface area is 203 Å². The van der Waals surface area contributed by atoms with E-state index in [4.69, 9.17) is 0 Å². The van der Waals surface area contributed by atoms with E-state index in [0.717, 1.165) is 10.4 Å². The number of nitrogens with one attached hydrogen (secondary N) is 3. The minimum atomic E-state index is -2.75. The first-order valence-electron chi connectivity index (χ1n) is 11.0. The van der Waals surface area contributed by atoms with Gasteiger partial charge in [0.25, 0.3) is 11.8 Å². The molecule has 1 fully saturated rings. The fraction of sp³-hybridized carbons (Fsp3) is 0.364. The number of likely N-dealkylation sites (tertiary alicyclic amines) is 1. The van der Waals surface area contributed by atoms with Crippen molar-refractivity contribution in [1.82, 2.24) is 40.2 Å². The van der Waals surface area contributed by atoms with Gasteiger partial charge in [0.15, 0.2) is 0 Å². The largest absolute Gasteiger partial charge is 0.381 e. The maximum Gasteiger partial charge on any atom is 0.261 e. The summed E-state index contributed by atoms with van der Waals surface area (Å²) < 4.78 is 30.1. The molecule has 0 bridgehead atoms. The van der Waals surface area contributed by atoms with Crippen LogP contribution in [0.4, 0.5) is 8.78 Å². The molecule has 0 spiro atoms. The smallest absolute Gasteiger partial charge is 0.261 e. The number of carbonyl (C=O) groups is 2. The third kappa shape index (κ3) is 4.95. The number of fused-ring (bicyclic) bond motifs is 1. The molecule has 5 heterocycles. The van der Waals surface area contributed by atoms with Crippen molar-refractivity contribution in [2.45, 2.75) is 25.3 Å². The number of halogens is 2. The number of aryl methyl sites for hydroxylation is 1. The van der Waals surface area contributed by atoms with Gasteiger partial charge in [0.05, 0.1) is 47.7 Å². The molecule has 2 amide bonds. The zero-order valence-corrected chi connectivity index (χ0v) is 19.9. The molecule has 0 radical (unpaired) electrons. The fourth-order valence-electron chi connectivity index (χ4n) is 4.02. The van der Waals surface area contributed by atoms with Crippen LogP contribution in [0.3, 0.4) is 0 Å². The normalized spacial score (nSPS) is 19.8. The van der Waals surface area contributed by atoms with Crippen molar-refractivity contribution in [1.29, 1.82) is 0 Å². The summed E-state index contributed by atoms with van der Waals surface area (Å²) >= 11 is 1.44. The Bertz CT molecular complexity index is 1350. The molecule has 2 aliphatic heterocycles.